The zero-order valence-electron chi connectivity index (χ0n) is 18.0. The number of hydrogen-bond donors (Lipinski definition) is 0. The molecule has 1 aromatic heterocycles. The lowest BCUT2D eigenvalue weighted by atomic mass is 10.00. The van der Waals surface area contributed by atoms with Crippen LogP contribution in [0.15, 0.2) is 29.6 Å². The molecule has 7 heteroatoms. The van der Waals surface area contributed by atoms with Gasteiger partial charge in [0.2, 0.25) is 11.8 Å². The minimum atomic E-state index is -0.172. The van der Waals surface area contributed by atoms with E-state index in [9.17, 15) is 9.59 Å². The van der Waals surface area contributed by atoms with Crippen molar-refractivity contribution in [1.29, 1.82) is 0 Å². The molecule has 5 nitrogen and oxygen atoms in total. The van der Waals surface area contributed by atoms with Crippen molar-refractivity contribution in [2.75, 3.05) is 19.7 Å². The van der Waals surface area contributed by atoms with Gasteiger partial charge < -0.3 is 14.5 Å². The molecule has 30 heavy (non-hydrogen) atoms. The van der Waals surface area contributed by atoms with Crippen LogP contribution in [0.25, 0.3) is 0 Å². The second-order valence-corrected chi connectivity index (χ2v) is 9.19. The Morgan fingerprint density at radius 3 is 2.80 bits per heavy atom. The van der Waals surface area contributed by atoms with E-state index >= 15 is 0 Å². The molecule has 0 spiro atoms. The number of aryl methyl sites for hydroxylation is 1. The number of benzene rings is 1. The molecule has 162 valence electrons. The van der Waals surface area contributed by atoms with Crippen molar-refractivity contribution in [3.8, 4) is 5.75 Å². The third-order valence-corrected chi connectivity index (χ3v) is 7.21. The summed E-state index contributed by atoms with van der Waals surface area (Å²) in [5, 5.41) is 2.77. The first kappa shape index (κ1) is 22.6. The van der Waals surface area contributed by atoms with Gasteiger partial charge in [0, 0.05) is 29.4 Å². The third-order valence-electron chi connectivity index (χ3n) is 5.79. The van der Waals surface area contributed by atoms with Gasteiger partial charge in [0.25, 0.3) is 0 Å². The van der Waals surface area contributed by atoms with Crippen molar-refractivity contribution in [2.24, 2.45) is 0 Å². The smallest absolute Gasteiger partial charge is 0.242 e. The molecular weight excluding hydrogens is 420 g/mol. The Balaban J connectivity index is 1.79. The van der Waals surface area contributed by atoms with E-state index in [0.29, 0.717) is 18.2 Å². The molecule has 0 bridgehead atoms. The quantitative estimate of drug-likeness (QED) is 0.607. The number of halogens is 1. The van der Waals surface area contributed by atoms with Gasteiger partial charge in [-0.05, 0) is 67.5 Å². The minimum Gasteiger partial charge on any atom is -0.491 e. The van der Waals surface area contributed by atoms with Crippen LogP contribution in [-0.2, 0) is 16.0 Å². The first-order chi connectivity index (χ1) is 14.3. The van der Waals surface area contributed by atoms with E-state index in [-0.39, 0.29) is 30.4 Å². The molecule has 0 aliphatic carbocycles. The van der Waals surface area contributed by atoms with Crippen LogP contribution in [0, 0.1) is 6.92 Å². The summed E-state index contributed by atoms with van der Waals surface area (Å²) in [6.45, 7) is 8.55. The van der Waals surface area contributed by atoms with E-state index in [1.807, 2.05) is 43.9 Å². The third kappa shape index (κ3) is 4.98. The molecule has 0 fully saturated rings. The number of carbonyl (C=O) groups is 2. The molecule has 3 rings (SSSR count). The number of amides is 2. The number of thiophene rings is 1. The summed E-state index contributed by atoms with van der Waals surface area (Å²) in [4.78, 5) is 30.2. The zero-order valence-corrected chi connectivity index (χ0v) is 19.6. The molecule has 0 saturated heterocycles. The fourth-order valence-corrected chi connectivity index (χ4v) is 4.84. The fourth-order valence-electron chi connectivity index (χ4n) is 3.79. The summed E-state index contributed by atoms with van der Waals surface area (Å²) < 4.78 is 6.08. The van der Waals surface area contributed by atoms with E-state index in [2.05, 4.69) is 11.4 Å². The van der Waals surface area contributed by atoms with Gasteiger partial charge >= 0.3 is 0 Å². The number of fused-ring (bicyclic) bond motifs is 1. The highest BCUT2D eigenvalue weighted by molar-refractivity contribution is 7.10. The van der Waals surface area contributed by atoms with Gasteiger partial charge in [-0.1, -0.05) is 18.5 Å². The molecule has 0 saturated carbocycles. The summed E-state index contributed by atoms with van der Waals surface area (Å²) in [7, 11) is 0. The Labute approximate surface area is 187 Å². The van der Waals surface area contributed by atoms with Crippen molar-refractivity contribution >= 4 is 34.8 Å². The van der Waals surface area contributed by atoms with Crippen LogP contribution in [0.2, 0.25) is 5.02 Å². The van der Waals surface area contributed by atoms with Crippen LogP contribution < -0.4 is 4.74 Å². The van der Waals surface area contributed by atoms with E-state index in [1.165, 1.54) is 11.8 Å². The summed E-state index contributed by atoms with van der Waals surface area (Å²) in [6, 6.07) is 7.51. The lowest BCUT2D eigenvalue weighted by Crippen LogP contribution is -2.49. The van der Waals surface area contributed by atoms with Gasteiger partial charge in [-0.3, -0.25) is 9.59 Å². The van der Waals surface area contributed by atoms with Gasteiger partial charge in [-0.2, -0.15) is 0 Å². The molecule has 2 aromatic rings. The monoisotopic (exact) mass is 448 g/mol. The summed E-state index contributed by atoms with van der Waals surface area (Å²) in [5.41, 5.74) is 2.09. The summed E-state index contributed by atoms with van der Waals surface area (Å²) in [5.74, 6) is 0.621. The van der Waals surface area contributed by atoms with Crippen molar-refractivity contribution < 1.29 is 14.3 Å². The Morgan fingerprint density at radius 2 is 2.13 bits per heavy atom. The first-order valence-electron chi connectivity index (χ1n) is 10.3. The maximum atomic E-state index is 13.2. The molecule has 0 radical (unpaired) electrons. The minimum absolute atomic E-state index is 0.0275. The second kappa shape index (κ2) is 9.84. The molecule has 1 aliphatic heterocycles. The zero-order chi connectivity index (χ0) is 21.8. The predicted molar refractivity (Wildman–Crippen MR) is 121 cm³/mol. The molecule has 0 N–H and O–H groups in total. The number of nitrogens with zero attached hydrogens (tertiary/aromatic N) is 2. The van der Waals surface area contributed by atoms with Gasteiger partial charge in [-0.25, -0.2) is 0 Å². The molecule has 2 atom stereocenters. The SMILES string of the molecule is CCC(C)N(CC(=O)N1CCc2sccc2C1COc1ccc(Cl)c(C)c1)C(C)=O. The Morgan fingerprint density at radius 1 is 1.37 bits per heavy atom. The van der Waals surface area contributed by atoms with E-state index in [1.54, 1.807) is 16.2 Å². The Bertz CT molecular complexity index is 914. The van der Waals surface area contributed by atoms with Crippen LogP contribution in [-0.4, -0.2) is 47.4 Å². The van der Waals surface area contributed by atoms with Gasteiger partial charge in [0.05, 0.1) is 12.6 Å². The average Bonchev–Trinajstić information content (AvgIpc) is 3.20. The largest absolute Gasteiger partial charge is 0.491 e. The number of rotatable bonds is 7. The number of ether oxygens (including phenoxy) is 1. The Kier molecular flexibility index (Phi) is 7.42. The maximum Gasteiger partial charge on any atom is 0.242 e. The lowest BCUT2D eigenvalue weighted by Gasteiger charge is -2.37. The molecule has 2 amide bonds. The van der Waals surface area contributed by atoms with Crippen LogP contribution in [0.3, 0.4) is 0 Å². The van der Waals surface area contributed by atoms with Crippen molar-refractivity contribution in [3.63, 3.8) is 0 Å². The van der Waals surface area contributed by atoms with Crippen molar-refractivity contribution in [2.45, 2.75) is 52.6 Å². The fraction of sp³-hybridized carbons (Fsp3) is 0.478. The Hall–Kier alpha value is -2.05. The van der Waals surface area contributed by atoms with Crippen molar-refractivity contribution in [1.82, 2.24) is 9.80 Å². The molecular formula is C23H29ClN2O3S. The number of hydrogen-bond acceptors (Lipinski definition) is 4. The standard InChI is InChI=1S/C23H29ClN2O3S/c1-5-16(3)26(17(4)27)13-23(28)25-10-8-22-19(9-11-30-22)21(25)14-29-18-6-7-20(24)15(2)12-18/h6-7,9,11-12,16,21H,5,8,10,13-14H2,1-4H3. The second-order valence-electron chi connectivity index (χ2n) is 7.78. The molecule has 2 heterocycles. The van der Waals surface area contributed by atoms with Crippen LogP contribution in [0.4, 0.5) is 0 Å². The normalized spacial score (nSPS) is 16.7. The van der Waals surface area contributed by atoms with E-state index in [0.717, 1.165) is 29.7 Å². The van der Waals surface area contributed by atoms with E-state index < -0.39 is 0 Å². The first-order valence-corrected chi connectivity index (χ1v) is 11.6. The highest BCUT2D eigenvalue weighted by Gasteiger charge is 2.33. The van der Waals surface area contributed by atoms with Crippen LogP contribution in [0.5, 0.6) is 5.75 Å². The van der Waals surface area contributed by atoms with Gasteiger partial charge in [0.1, 0.15) is 12.4 Å². The van der Waals surface area contributed by atoms with Crippen molar-refractivity contribution in [3.05, 3.63) is 50.7 Å². The van der Waals surface area contributed by atoms with Gasteiger partial charge in [-0.15, -0.1) is 11.3 Å². The number of carbonyl (C=O) groups excluding carboxylic acids is 2. The highest BCUT2D eigenvalue weighted by Crippen LogP contribution is 2.34. The van der Waals surface area contributed by atoms with Crippen LogP contribution in [0.1, 0.15) is 49.2 Å². The van der Waals surface area contributed by atoms with Crippen LogP contribution >= 0.6 is 22.9 Å². The molecule has 2 unspecified atom stereocenters. The highest BCUT2D eigenvalue weighted by atomic mass is 35.5. The molecule has 1 aromatic carbocycles. The molecule has 1 aliphatic rings. The topological polar surface area (TPSA) is 49.9 Å². The summed E-state index contributed by atoms with van der Waals surface area (Å²) >= 11 is 7.84. The predicted octanol–water partition coefficient (Wildman–Crippen LogP) is 4.86. The van der Waals surface area contributed by atoms with Gasteiger partial charge in [0.15, 0.2) is 0 Å². The average molecular weight is 449 g/mol. The van der Waals surface area contributed by atoms with E-state index in [4.69, 9.17) is 16.3 Å². The lowest BCUT2D eigenvalue weighted by molar-refractivity contribution is -0.143. The summed E-state index contributed by atoms with van der Waals surface area (Å²) in [6.07, 6.45) is 1.64. The maximum absolute atomic E-state index is 13.2.